The molecule has 1 unspecified atom stereocenters. The molecule has 1 amide bonds. The predicted molar refractivity (Wildman–Crippen MR) is 79.6 cm³/mol. The highest BCUT2D eigenvalue weighted by atomic mass is 79.9. The zero-order chi connectivity index (χ0) is 16.4. The van der Waals surface area contributed by atoms with Crippen LogP contribution in [0, 0.1) is 0 Å². The number of nitrogens with one attached hydrogen (secondary N) is 1. The number of carbonyl (C=O) groups excluding carboxylic acids is 1. The molecule has 0 saturated heterocycles. The fraction of sp³-hybridized carbons (Fsp3) is 0.333. The summed E-state index contributed by atoms with van der Waals surface area (Å²) in [5, 5.41) is 8.92. The second-order valence-electron chi connectivity index (χ2n) is 4.53. The van der Waals surface area contributed by atoms with Crippen molar-refractivity contribution >= 4 is 37.8 Å². The Labute approximate surface area is 131 Å². The fourth-order valence-electron chi connectivity index (χ4n) is 1.58. The lowest BCUT2D eigenvalue weighted by Crippen LogP contribution is -2.44. The summed E-state index contributed by atoms with van der Waals surface area (Å²) in [5.41, 5.74) is -0.162. The molecule has 0 aliphatic rings. The minimum atomic E-state index is -4.03. The third-order valence-corrected chi connectivity index (χ3v) is 5.15. The molecule has 0 fully saturated rings. The van der Waals surface area contributed by atoms with E-state index in [1.165, 1.54) is 38.1 Å². The molecule has 21 heavy (non-hydrogen) atoms. The van der Waals surface area contributed by atoms with E-state index in [4.69, 9.17) is 5.11 Å². The van der Waals surface area contributed by atoms with E-state index >= 15 is 0 Å². The Morgan fingerprint density at radius 1 is 1.33 bits per heavy atom. The number of amides is 1. The number of carboxylic acid groups (broad SMARTS) is 1. The number of benzene rings is 1. The third-order valence-electron chi connectivity index (χ3n) is 2.61. The van der Waals surface area contributed by atoms with Gasteiger partial charge in [-0.15, -0.1) is 0 Å². The van der Waals surface area contributed by atoms with E-state index in [1.807, 2.05) is 0 Å². The van der Waals surface area contributed by atoms with Crippen molar-refractivity contribution in [3.63, 3.8) is 0 Å². The normalized spacial score (nSPS) is 12.8. The summed E-state index contributed by atoms with van der Waals surface area (Å²) < 4.78 is 27.0. The quantitative estimate of drug-likeness (QED) is 0.791. The molecule has 0 spiro atoms. The van der Waals surface area contributed by atoms with Gasteiger partial charge in [0.15, 0.2) is 0 Å². The van der Waals surface area contributed by atoms with Crippen molar-refractivity contribution in [2.45, 2.75) is 17.9 Å². The second kappa shape index (κ2) is 6.54. The summed E-state index contributed by atoms with van der Waals surface area (Å²) >= 11 is 3.06. The molecule has 0 heterocycles. The van der Waals surface area contributed by atoms with Crippen molar-refractivity contribution in [3.8, 4) is 0 Å². The van der Waals surface area contributed by atoms with Gasteiger partial charge in [-0.2, -0.15) is 4.72 Å². The molecule has 0 aromatic heterocycles. The Morgan fingerprint density at radius 3 is 2.38 bits per heavy atom. The van der Waals surface area contributed by atoms with E-state index in [2.05, 4.69) is 20.7 Å². The molecular weight excluding hydrogens is 364 g/mol. The van der Waals surface area contributed by atoms with Crippen LogP contribution in [-0.2, 0) is 14.8 Å². The number of nitrogens with zero attached hydrogens (tertiary/aromatic N) is 1. The average Bonchev–Trinajstić information content (AvgIpc) is 2.36. The molecular formula is C12H15BrN2O5S. The summed E-state index contributed by atoms with van der Waals surface area (Å²) in [6, 6.07) is 2.67. The van der Waals surface area contributed by atoms with E-state index in [1.54, 1.807) is 0 Å². The summed E-state index contributed by atoms with van der Waals surface area (Å²) in [7, 11) is -1.02. The number of aromatic carboxylic acids is 1. The molecule has 0 aliphatic heterocycles. The summed E-state index contributed by atoms with van der Waals surface area (Å²) in [6.45, 7) is 1.41. The number of likely N-dealkylation sites (N-methyl/N-ethyl adjacent to an activating group) is 1. The van der Waals surface area contributed by atoms with E-state index in [-0.39, 0.29) is 14.9 Å². The van der Waals surface area contributed by atoms with Gasteiger partial charge >= 0.3 is 5.97 Å². The zero-order valence-electron chi connectivity index (χ0n) is 11.6. The standard InChI is InChI=1S/C12H15BrN2O5S/c1-7(11(16)15(2)3)14-21(19,20)10-6-8(12(17)18)4-5-9(10)13/h4-7,14H,1-3H3,(H,17,18). The third kappa shape index (κ3) is 4.26. The van der Waals surface area contributed by atoms with Gasteiger partial charge in [-0.25, -0.2) is 13.2 Å². The molecule has 116 valence electrons. The number of carboxylic acids is 1. The van der Waals surface area contributed by atoms with Gasteiger partial charge < -0.3 is 10.0 Å². The first-order valence-electron chi connectivity index (χ1n) is 5.82. The van der Waals surface area contributed by atoms with E-state index in [0.29, 0.717) is 0 Å². The fourth-order valence-corrected chi connectivity index (χ4v) is 3.76. The van der Waals surface area contributed by atoms with Crippen molar-refractivity contribution in [2.75, 3.05) is 14.1 Å². The molecule has 1 aromatic rings. The van der Waals surface area contributed by atoms with Crippen LogP contribution in [-0.4, -0.2) is 50.4 Å². The molecule has 0 saturated carbocycles. The lowest BCUT2D eigenvalue weighted by atomic mass is 10.2. The van der Waals surface area contributed by atoms with E-state index in [0.717, 1.165) is 6.07 Å². The number of carbonyl (C=O) groups is 2. The van der Waals surface area contributed by atoms with Crippen LogP contribution in [0.15, 0.2) is 27.6 Å². The number of hydrogen-bond donors (Lipinski definition) is 2. The number of sulfonamides is 1. The SMILES string of the molecule is CC(NS(=O)(=O)c1cc(C(=O)O)ccc1Br)C(=O)N(C)C. The molecule has 9 heteroatoms. The van der Waals surface area contributed by atoms with Crippen molar-refractivity contribution in [1.29, 1.82) is 0 Å². The van der Waals surface area contributed by atoms with Crippen LogP contribution in [0.3, 0.4) is 0 Å². The van der Waals surface area contributed by atoms with Crippen LogP contribution >= 0.6 is 15.9 Å². The van der Waals surface area contributed by atoms with Crippen LogP contribution in [0.25, 0.3) is 0 Å². The lowest BCUT2D eigenvalue weighted by Gasteiger charge is -2.18. The number of hydrogen-bond acceptors (Lipinski definition) is 4. The number of halogens is 1. The second-order valence-corrected chi connectivity index (χ2v) is 7.06. The maximum atomic E-state index is 12.3. The molecule has 7 nitrogen and oxygen atoms in total. The molecule has 1 rings (SSSR count). The average molecular weight is 379 g/mol. The molecule has 0 aliphatic carbocycles. The van der Waals surface area contributed by atoms with E-state index in [9.17, 15) is 18.0 Å². The summed E-state index contributed by atoms with van der Waals surface area (Å²) in [6.07, 6.45) is 0. The Bertz CT molecular complexity index is 672. The summed E-state index contributed by atoms with van der Waals surface area (Å²) in [5.74, 6) is -1.65. The smallest absolute Gasteiger partial charge is 0.335 e. The van der Waals surface area contributed by atoms with Crippen LogP contribution in [0.5, 0.6) is 0 Å². The Hall–Kier alpha value is -1.45. The first kappa shape index (κ1) is 17.6. The monoisotopic (exact) mass is 378 g/mol. The Balaban J connectivity index is 3.17. The highest BCUT2D eigenvalue weighted by Gasteiger charge is 2.25. The molecule has 2 N–H and O–H groups in total. The van der Waals surface area contributed by atoms with Gasteiger partial charge in [0.05, 0.1) is 16.5 Å². The highest BCUT2D eigenvalue weighted by molar-refractivity contribution is 9.10. The van der Waals surface area contributed by atoms with Gasteiger partial charge in [0.1, 0.15) is 0 Å². The minimum absolute atomic E-state index is 0.162. The van der Waals surface area contributed by atoms with Crippen LogP contribution in [0.4, 0.5) is 0 Å². The first-order chi connectivity index (χ1) is 9.56. The Kier molecular flexibility index (Phi) is 5.48. The predicted octanol–water partition coefficient (Wildman–Crippen LogP) is 0.902. The van der Waals surface area contributed by atoms with Crippen LogP contribution in [0.1, 0.15) is 17.3 Å². The van der Waals surface area contributed by atoms with Gasteiger partial charge in [-0.3, -0.25) is 4.79 Å². The molecule has 1 aromatic carbocycles. The largest absolute Gasteiger partial charge is 0.478 e. The van der Waals surface area contributed by atoms with Gasteiger partial charge in [-0.1, -0.05) is 0 Å². The highest BCUT2D eigenvalue weighted by Crippen LogP contribution is 2.23. The minimum Gasteiger partial charge on any atom is -0.478 e. The zero-order valence-corrected chi connectivity index (χ0v) is 14.0. The molecule has 0 bridgehead atoms. The van der Waals surface area contributed by atoms with Gasteiger partial charge in [-0.05, 0) is 41.1 Å². The van der Waals surface area contributed by atoms with Gasteiger partial charge in [0.2, 0.25) is 15.9 Å². The maximum Gasteiger partial charge on any atom is 0.335 e. The van der Waals surface area contributed by atoms with Crippen molar-refractivity contribution in [3.05, 3.63) is 28.2 Å². The molecule has 0 radical (unpaired) electrons. The van der Waals surface area contributed by atoms with Crippen LogP contribution < -0.4 is 4.72 Å². The Morgan fingerprint density at radius 2 is 1.90 bits per heavy atom. The van der Waals surface area contributed by atoms with E-state index < -0.39 is 27.9 Å². The number of rotatable bonds is 5. The topological polar surface area (TPSA) is 104 Å². The summed E-state index contributed by atoms with van der Waals surface area (Å²) in [4.78, 5) is 23.6. The lowest BCUT2D eigenvalue weighted by molar-refractivity contribution is -0.130. The van der Waals surface area contributed by atoms with Gasteiger partial charge in [0, 0.05) is 18.6 Å². The van der Waals surface area contributed by atoms with Crippen molar-refractivity contribution < 1.29 is 23.1 Å². The van der Waals surface area contributed by atoms with Crippen molar-refractivity contribution in [1.82, 2.24) is 9.62 Å². The first-order valence-corrected chi connectivity index (χ1v) is 8.10. The molecule has 1 atom stereocenters. The van der Waals surface area contributed by atoms with Crippen molar-refractivity contribution in [2.24, 2.45) is 0 Å². The van der Waals surface area contributed by atoms with Gasteiger partial charge in [0.25, 0.3) is 0 Å². The van der Waals surface area contributed by atoms with Crippen LogP contribution in [0.2, 0.25) is 0 Å². The maximum absolute atomic E-state index is 12.3.